The number of nitrogens with zero attached hydrogens (tertiary/aromatic N) is 5. The molecule has 1 atom stereocenters. The number of aromatic nitrogens is 4. The normalized spacial score (nSPS) is 18.8. The second kappa shape index (κ2) is 7.78. The van der Waals surface area contributed by atoms with Gasteiger partial charge in [-0.2, -0.15) is 0 Å². The molecule has 1 unspecified atom stereocenters. The molecule has 0 aliphatic carbocycles. The average molecular weight is 412 g/mol. The van der Waals surface area contributed by atoms with Crippen LogP contribution in [0.2, 0.25) is 0 Å². The van der Waals surface area contributed by atoms with E-state index in [-0.39, 0.29) is 0 Å². The molecule has 1 saturated heterocycles. The lowest BCUT2D eigenvalue weighted by molar-refractivity contribution is 0.122. The summed E-state index contributed by atoms with van der Waals surface area (Å²) in [5.74, 6) is 1.96. The minimum Gasteiger partial charge on any atom is -0.378 e. The van der Waals surface area contributed by atoms with Crippen molar-refractivity contribution < 1.29 is 4.74 Å². The molecule has 2 aromatic carbocycles. The molecule has 4 heterocycles. The third-order valence-corrected chi connectivity index (χ3v) is 6.40. The molecule has 0 spiro atoms. The minimum atomic E-state index is 0.338. The number of anilines is 1. The van der Waals surface area contributed by atoms with Crippen LogP contribution in [0, 0.1) is 0 Å². The molecule has 2 aromatic heterocycles. The van der Waals surface area contributed by atoms with Gasteiger partial charge in [0.15, 0.2) is 0 Å². The van der Waals surface area contributed by atoms with Crippen LogP contribution < -0.4 is 4.90 Å². The molecule has 6 nitrogen and oxygen atoms in total. The predicted molar refractivity (Wildman–Crippen MR) is 121 cm³/mol. The van der Waals surface area contributed by atoms with Crippen LogP contribution in [0.3, 0.4) is 0 Å². The van der Waals surface area contributed by atoms with Crippen molar-refractivity contribution >= 4 is 17.0 Å². The Balaban J connectivity index is 1.38. The van der Waals surface area contributed by atoms with Crippen molar-refractivity contribution in [3.8, 4) is 11.1 Å². The number of morpholine rings is 1. The fraction of sp³-hybridized carbons (Fsp3) is 0.320. The summed E-state index contributed by atoms with van der Waals surface area (Å²) in [6.07, 6.45) is 7.21. The van der Waals surface area contributed by atoms with Crippen LogP contribution in [0.4, 0.5) is 5.95 Å². The lowest BCUT2D eigenvalue weighted by atomic mass is 9.97. The maximum atomic E-state index is 5.43. The lowest BCUT2D eigenvalue weighted by Crippen LogP contribution is -2.37. The highest BCUT2D eigenvalue weighted by Crippen LogP contribution is 2.35. The molecule has 0 radical (unpaired) electrons. The molecule has 156 valence electrons. The summed E-state index contributed by atoms with van der Waals surface area (Å²) >= 11 is 0. The largest absolute Gasteiger partial charge is 0.378 e. The highest BCUT2D eigenvalue weighted by molar-refractivity contribution is 5.83. The zero-order valence-electron chi connectivity index (χ0n) is 17.4. The maximum Gasteiger partial charge on any atom is 0.225 e. The van der Waals surface area contributed by atoms with E-state index in [1.165, 1.54) is 23.3 Å². The van der Waals surface area contributed by atoms with Crippen molar-refractivity contribution in [2.24, 2.45) is 0 Å². The molecule has 0 bridgehead atoms. The van der Waals surface area contributed by atoms with Crippen molar-refractivity contribution in [2.45, 2.75) is 25.3 Å². The molecular formula is C25H25N5O. The second-order valence-corrected chi connectivity index (χ2v) is 8.29. The third-order valence-electron chi connectivity index (χ3n) is 6.40. The lowest BCUT2D eigenvalue weighted by Gasteiger charge is -2.27. The van der Waals surface area contributed by atoms with Crippen LogP contribution in [0.25, 0.3) is 22.2 Å². The number of rotatable bonds is 3. The number of aryl methyl sites for hydroxylation is 1. The van der Waals surface area contributed by atoms with E-state index in [0.717, 1.165) is 61.7 Å². The molecular weight excluding hydrogens is 386 g/mol. The summed E-state index contributed by atoms with van der Waals surface area (Å²) in [6.45, 7) is 3.15. The van der Waals surface area contributed by atoms with Gasteiger partial charge in [-0.1, -0.05) is 36.4 Å². The van der Waals surface area contributed by atoms with Crippen molar-refractivity contribution in [3.63, 3.8) is 0 Å². The number of hydrogen-bond acceptors (Lipinski definition) is 5. The second-order valence-electron chi connectivity index (χ2n) is 8.29. The minimum absolute atomic E-state index is 0.338. The Hall–Kier alpha value is -3.25. The quantitative estimate of drug-likeness (QED) is 0.504. The van der Waals surface area contributed by atoms with Gasteiger partial charge in [0.1, 0.15) is 5.82 Å². The first-order valence-electron chi connectivity index (χ1n) is 11.1. The van der Waals surface area contributed by atoms with Crippen LogP contribution in [0.5, 0.6) is 0 Å². The molecule has 6 rings (SSSR count). The van der Waals surface area contributed by atoms with Gasteiger partial charge in [-0.3, -0.25) is 0 Å². The number of ether oxygens (including phenoxy) is 1. The Labute approximate surface area is 181 Å². The third kappa shape index (κ3) is 3.37. The zero-order valence-corrected chi connectivity index (χ0v) is 17.4. The summed E-state index contributed by atoms with van der Waals surface area (Å²) in [6, 6.07) is 17.6. The van der Waals surface area contributed by atoms with Crippen LogP contribution >= 0.6 is 0 Å². The molecule has 6 heteroatoms. The van der Waals surface area contributed by atoms with E-state index in [1.54, 1.807) is 0 Å². The summed E-state index contributed by atoms with van der Waals surface area (Å²) in [5.41, 5.74) is 5.76. The highest BCUT2D eigenvalue weighted by Gasteiger charge is 2.25. The first-order valence-corrected chi connectivity index (χ1v) is 11.1. The summed E-state index contributed by atoms with van der Waals surface area (Å²) in [4.78, 5) is 16.4. The molecule has 2 aliphatic rings. The Morgan fingerprint density at radius 1 is 0.903 bits per heavy atom. The van der Waals surface area contributed by atoms with E-state index in [9.17, 15) is 0 Å². The predicted octanol–water partition coefficient (Wildman–Crippen LogP) is 4.26. The van der Waals surface area contributed by atoms with Gasteiger partial charge in [0.2, 0.25) is 5.95 Å². The summed E-state index contributed by atoms with van der Waals surface area (Å²) in [7, 11) is 0. The SMILES string of the molecule is c1ccc(C2CCCc3nc4ccc(-c5cnc(N6CCOCC6)nc5)cc4n32)cc1. The van der Waals surface area contributed by atoms with Crippen molar-refractivity contribution in [1.82, 2.24) is 19.5 Å². The van der Waals surface area contributed by atoms with E-state index in [2.05, 4.69) is 68.0 Å². The number of hydrogen-bond donors (Lipinski definition) is 0. The van der Waals surface area contributed by atoms with E-state index < -0.39 is 0 Å². The smallest absolute Gasteiger partial charge is 0.225 e. The van der Waals surface area contributed by atoms with Crippen LogP contribution in [0.15, 0.2) is 60.9 Å². The van der Waals surface area contributed by atoms with Gasteiger partial charge in [-0.15, -0.1) is 0 Å². The summed E-state index contributed by atoms with van der Waals surface area (Å²) < 4.78 is 7.87. The molecule has 4 aromatic rings. The van der Waals surface area contributed by atoms with E-state index in [0.29, 0.717) is 6.04 Å². The monoisotopic (exact) mass is 411 g/mol. The van der Waals surface area contributed by atoms with E-state index in [1.807, 2.05) is 12.4 Å². The van der Waals surface area contributed by atoms with Gasteiger partial charge >= 0.3 is 0 Å². The van der Waals surface area contributed by atoms with Crippen LogP contribution in [-0.2, 0) is 11.2 Å². The number of fused-ring (bicyclic) bond motifs is 3. The fourth-order valence-electron chi connectivity index (χ4n) is 4.82. The number of benzene rings is 2. The summed E-state index contributed by atoms with van der Waals surface area (Å²) in [5, 5.41) is 0. The van der Waals surface area contributed by atoms with E-state index in [4.69, 9.17) is 9.72 Å². The van der Waals surface area contributed by atoms with Gasteiger partial charge in [-0.05, 0) is 36.1 Å². The maximum absolute atomic E-state index is 5.43. The Bertz CT molecular complexity index is 1200. The molecule has 1 fully saturated rings. The fourth-order valence-corrected chi connectivity index (χ4v) is 4.82. The van der Waals surface area contributed by atoms with Crippen molar-refractivity contribution in [3.05, 3.63) is 72.3 Å². The van der Waals surface area contributed by atoms with Gasteiger partial charge in [0, 0.05) is 37.5 Å². The first kappa shape index (κ1) is 18.5. The zero-order chi connectivity index (χ0) is 20.6. The van der Waals surface area contributed by atoms with Gasteiger partial charge in [0.25, 0.3) is 0 Å². The Morgan fingerprint density at radius 2 is 1.71 bits per heavy atom. The molecule has 0 N–H and O–H groups in total. The van der Waals surface area contributed by atoms with Gasteiger partial charge < -0.3 is 14.2 Å². The van der Waals surface area contributed by atoms with Gasteiger partial charge in [0.05, 0.1) is 30.3 Å². The highest BCUT2D eigenvalue weighted by atomic mass is 16.5. The number of imidazole rings is 1. The average Bonchev–Trinajstić information content (AvgIpc) is 3.23. The molecule has 0 saturated carbocycles. The van der Waals surface area contributed by atoms with Gasteiger partial charge in [-0.25, -0.2) is 15.0 Å². The Kier molecular flexibility index (Phi) is 4.65. The molecule has 0 amide bonds. The molecule has 2 aliphatic heterocycles. The molecule has 31 heavy (non-hydrogen) atoms. The van der Waals surface area contributed by atoms with Crippen molar-refractivity contribution in [1.29, 1.82) is 0 Å². The van der Waals surface area contributed by atoms with Crippen LogP contribution in [0.1, 0.15) is 30.3 Å². The van der Waals surface area contributed by atoms with Crippen molar-refractivity contribution in [2.75, 3.05) is 31.2 Å². The topological polar surface area (TPSA) is 56.1 Å². The standard InChI is InChI=1S/C25H25N5O/c1-2-5-18(6-3-1)22-7-4-8-24-28-21-10-9-19(15-23(21)30(22)24)20-16-26-25(27-17-20)29-11-13-31-14-12-29/h1-3,5-6,9-10,15-17,22H,4,7-8,11-14H2. The first-order chi connectivity index (χ1) is 15.4. The van der Waals surface area contributed by atoms with E-state index >= 15 is 0 Å². The Morgan fingerprint density at radius 3 is 2.52 bits per heavy atom. The van der Waals surface area contributed by atoms with Crippen LogP contribution in [-0.4, -0.2) is 45.8 Å².